The minimum Gasteiger partial charge on any atom is -0.301 e. The Morgan fingerprint density at radius 3 is 2.83 bits per heavy atom. The highest BCUT2D eigenvalue weighted by molar-refractivity contribution is 7.99. The highest BCUT2D eigenvalue weighted by atomic mass is 32.2. The van der Waals surface area contributed by atoms with Gasteiger partial charge in [-0.25, -0.2) is 4.98 Å². The molecular weight excluding hydrogens is 338 g/mol. The smallest absolute Gasteiger partial charge is 0.263 e. The molecule has 4 rings (SSSR count). The van der Waals surface area contributed by atoms with Crippen LogP contribution in [-0.4, -0.2) is 33.8 Å². The standard InChI is InChI=1S/C18H25N3OS2/c1-3-23-18-19-16-15(13-9-10-20(2)11-14(13)24-16)17(22)21(18)12-7-5-4-6-8-12/h12H,3-11H2,1-2H3. The van der Waals surface area contributed by atoms with Crippen LogP contribution in [0.25, 0.3) is 10.2 Å². The van der Waals surface area contributed by atoms with Crippen LogP contribution in [0.3, 0.4) is 0 Å². The van der Waals surface area contributed by atoms with Crippen molar-refractivity contribution in [1.82, 2.24) is 14.5 Å². The molecule has 2 aromatic rings. The minimum absolute atomic E-state index is 0.227. The van der Waals surface area contributed by atoms with Crippen LogP contribution in [-0.2, 0) is 13.0 Å². The average molecular weight is 364 g/mol. The first-order valence-electron chi connectivity index (χ1n) is 9.07. The Morgan fingerprint density at radius 2 is 2.08 bits per heavy atom. The van der Waals surface area contributed by atoms with E-state index >= 15 is 0 Å². The first-order valence-corrected chi connectivity index (χ1v) is 10.9. The van der Waals surface area contributed by atoms with E-state index in [0.29, 0.717) is 6.04 Å². The molecule has 0 N–H and O–H groups in total. The third-order valence-corrected chi connectivity index (χ3v) is 7.22. The van der Waals surface area contributed by atoms with Gasteiger partial charge in [-0.1, -0.05) is 37.9 Å². The molecule has 2 aliphatic rings. The van der Waals surface area contributed by atoms with Crippen molar-refractivity contribution in [3.05, 3.63) is 20.8 Å². The molecule has 0 bridgehead atoms. The number of aromatic nitrogens is 2. The molecule has 3 heterocycles. The second-order valence-corrected chi connectivity index (χ2v) is 9.28. The normalized spacial score (nSPS) is 19.8. The fraction of sp³-hybridized carbons (Fsp3) is 0.667. The fourth-order valence-corrected chi connectivity index (χ4v) is 6.19. The molecule has 1 aliphatic carbocycles. The third-order valence-electron chi connectivity index (χ3n) is 5.28. The lowest BCUT2D eigenvalue weighted by molar-refractivity contribution is 0.317. The maximum Gasteiger partial charge on any atom is 0.263 e. The molecule has 0 spiro atoms. The van der Waals surface area contributed by atoms with Crippen molar-refractivity contribution in [3.63, 3.8) is 0 Å². The van der Waals surface area contributed by atoms with Gasteiger partial charge in [0.15, 0.2) is 5.16 Å². The van der Waals surface area contributed by atoms with Crippen LogP contribution < -0.4 is 5.56 Å². The van der Waals surface area contributed by atoms with Gasteiger partial charge in [0.2, 0.25) is 0 Å². The monoisotopic (exact) mass is 363 g/mol. The van der Waals surface area contributed by atoms with E-state index in [-0.39, 0.29) is 5.56 Å². The van der Waals surface area contributed by atoms with Crippen LogP contribution in [0.1, 0.15) is 55.5 Å². The van der Waals surface area contributed by atoms with Crippen molar-refractivity contribution in [2.45, 2.75) is 63.2 Å². The molecule has 0 saturated heterocycles. The van der Waals surface area contributed by atoms with Crippen molar-refractivity contribution in [2.75, 3.05) is 19.3 Å². The summed E-state index contributed by atoms with van der Waals surface area (Å²) >= 11 is 3.45. The Morgan fingerprint density at radius 1 is 1.29 bits per heavy atom. The zero-order valence-corrected chi connectivity index (χ0v) is 16.1. The number of rotatable bonds is 3. The van der Waals surface area contributed by atoms with Crippen LogP contribution in [0.5, 0.6) is 0 Å². The molecule has 0 radical (unpaired) electrons. The zero-order valence-electron chi connectivity index (χ0n) is 14.5. The molecule has 0 atom stereocenters. The molecular formula is C18H25N3OS2. The maximum atomic E-state index is 13.4. The molecule has 1 aliphatic heterocycles. The van der Waals surface area contributed by atoms with Gasteiger partial charge in [0.1, 0.15) is 4.83 Å². The average Bonchev–Trinajstić information content (AvgIpc) is 2.93. The van der Waals surface area contributed by atoms with Crippen LogP contribution in [0.4, 0.5) is 0 Å². The van der Waals surface area contributed by atoms with E-state index in [1.807, 2.05) is 0 Å². The van der Waals surface area contributed by atoms with Crippen LogP contribution in [0, 0.1) is 0 Å². The number of hydrogen-bond donors (Lipinski definition) is 0. The summed E-state index contributed by atoms with van der Waals surface area (Å²) in [4.78, 5) is 23.0. The summed E-state index contributed by atoms with van der Waals surface area (Å²) in [6, 6.07) is 0.346. The molecule has 1 fully saturated rings. The second kappa shape index (κ2) is 6.81. The number of likely N-dealkylation sites (N-methyl/N-ethyl adjacent to an activating group) is 1. The van der Waals surface area contributed by atoms with Gasteiger partial charge in [0, 0.05) is 24.0 Å². The lowest BCUT2D eigenvalue weighted by atomic mass is 9.95. The molecule has 1 saturated carbocycles. The van der Waals surface area contributed by atoms with E-state index in [4.69, 9.17) is 4.98 Å². The van der Waals surface area contributed by atoms with Crippen molar-refractivity contribution >= 4 is 33.3 Å². The predicted molar refractivity (Wildman–Crippen MR) is 102 cm³/mol. The molecule has 130 valence electrons. The fourth-order valence-electron chi connectivity index (χ4n) is 4.06. The Bertz CT molecular complexity index is 805. The molecule has 0 unspecified atom stereocenters. The molecule has 4 nitrogen and oxygen atoms in total. The summed E-state index contributed by atoms with van der Waals surface area (Å²) in [7, 11) is 2.15. The van der Waals surface area contributed by atoms with E-state index in [1.165, 1.54) is 29.7 Å². The number of thioether (sulfide) groups is 1. The first kappa shape index (κ1) is 16.6. The van der Waals surface area contributed by atoms with Crippen LogP contribution >= 0.6 is 23.1 Å². The highest BCUT2D eigenvalue weighted by Crippen LogP contribution is 2.36. The molecule has 24 heavy (non-hydrogen) atoms. The Kier molecular flexibility index (Phi) is 4.71. The minimum atomic E-state index is 0.227. The highest BCUT2D eigenvalue weighted by Gasteiger charge is 2.26. The summed E-state index contributed by atoms with van der Waals surface area (Å²) < 4.78 is 2.06. The Labute approximate surface area is 151 Å². The van der Waals surface area contributed by atoms with Gasteiger partial charge in [-0.3, -0.25) is 9.36 Å². The van der Waals surface area contributed by atoms with Crippen molar-refractivity contribution in [3.8, 4) is 0 Å². The van der Waals surface area contributed by atoms with E-state index in [1.54, 1.807) is 23.1 Å². The molecule has 0 aromatic carbocycles. The van der Waals surface area contributed by atoms with E-state index in [9.17, 15) is 4.79 Å². The van der Waals surface area contributed by atoms with Gasteiger partial charge in [0.05, 0.1) is 5.39 Å². The van der Waals surface area contributed by atoms with Gasteiger partial charge in [0.25, 0.3) is 5.56 Å². The largest absolute Gasteiger partial charge is 0.301 e. The number of thiophene rings is 1. The van der Waals surface area contributed by atoms with Gasteiger partial charge in [-0.15, -0.1) is 11.3 Å². The summed E-state index contributed by atoms with van der Waals surface area (Å²) in [6.07, 6.45) is 7.00. The number of nitrogens with zero attached hydrogens (tertiary/aromatic N) is 3. The summed E-state index contributed by atoms with van der Waals surface area (Å²) in [5, 5.41) is 1.86. The van der Waals surface area contributed by atoms with Gasteiger partial charge >= 0.3 is 0 Å². The van der Waals surface area contributed by atoms with Crippen LogP contribution in [0.2, 0.25) is 0 Å². The SMILES string of the molecule is CCSc1nc2sc3c(c2c(=O)n1C1CCCCC1)CCN(C)C3. The van der Waals surface area contributed by atoms with E-state index in [2.05, 4.69) is 23.4 Å². The summed E-state index contributed by atoms with van der Waals surface area (Å²) in [5.41, 5.74) is 1.51. The summed E-state index contributed by atoms with van der Waals surface area (Å²) in [5.74, 6) is 0.957. The molecule has 0 amide bonds. The lowest BCUT2D eigenvalue weighted by Crippen LogP contribution is -2.30. The lowest BCUT2D eigenvalue weighted by Gasteiger charge is -2.26. The van der Waals surface area contributed by atoms with Crippen LogP contribution in [0.15, 0.2) is 9.95 Å². The molecule has 6 heteroatoms. The Balaban J connectivity index is 1.91. The van der Waals surface area contributed by atoms with Crippen molar-refractivity contribution in [2.24, 2.45) is 0 Å². The van der Waals surface area contributed by atoms with Crippen molar-refractivity contribution in [1.29, 1.82) is 0 Å². The predicted octanol–water partition coefficient (Wildman–Crippen LogP) is 4.06. The third kappa shape index (κ3) is 2.82. The van der Waals surface area contributed by atoms with Gasteiger partial charge in [-0.05, 0) is 37.6 Å². The number of fused-ring (bicyclic) bond motifs is 3. The zero-order chi connectivity index (χ0) is 16.7. The van der Waals surface area contributed by atoms with Gasteiger partial charge < -0.3 is 4.90 Å². The number of hydrogen-bond acceptors (Lipinski definition) is 5. The first-order chi connectivity index (χ1) is 11.7. The van der Waals surface area contributed by atoms with E-state index in [0.717, 1.165) is 53.5 Å². The van der Waals surface area contributed by atoms with Crippen molar-refractivity contribution < 1.29 is 0 Å². The Hall–Kier alpha value is -0.850. The summed E-state index contributed by atoms with van der Waals surface area (Å²) in [6.45, 7) is 4.13. The second-order valence-electron chi connectivity index (χ2n) is 6.97. The van der Waals surface area contributed by atoms with Gasteiger partial charge in [-0.2, -0.15) is 0 Å². The maximum absolute atomic E-state index is 13.4. The van der Waals surface area contributed by atoms with E-state index < -0.39 is 0 Å². The topological polar surface area (TPSA) is 38.1 Å². The molecule has 2 aromatic heterocycles. The quantitative estimate of drug-likeness (QED) is 0.609.